The number of nitrogens with one attached hydrogen (secondary N) is 2. The third-order valence-corrected chi connectivity index (χ3v) is 8.04. The number of hydrogen-bond acceptors (Lipinski definition) is 5. The van der Waals surface area contributed by atoms with Crippen LogP contribution in [0.3, 0.4) is 0 Å². The summed E-state index contributed by atoms with van der Waals surface area (Å²) in [4.78, 5) is 24.3. The average Bonchev–Trinajstić information content (AvgIpc) is 3.24. The van der Waals surface area contributed by atoms with Crippen molar-refractivity contribution in [3.63, 3.8) is 0 Å². The number of nitrogens with zero attached hydrogens (tertiary/aromatic N) is 2. The van der Waals surface area contributed by atoms with Gasteiger partial charge < -0.3 is 19.9 Å². The summed E-state index contributed by atoms with van der Waals surface area (Å²) in [7, 11) is 1.79. The maximum Gasteiger partial charge on any atom is 0.167 e. The molecule has 0 radical (unpaired) electrons. The first-order valence-corrected chi connectivity index (χ1v) is 12.9. The van der Waals surface area contributed by atoms with Gasteiger partial charge in [0.05, 0.1) is 5.69 Å². The first-order valence-electron chi connectivity index (χ1n) is 12.9. The summed E-state index contributed by atoms with van der Waals surface area (Å²) in [5, 5.41) is 4.58. The number of rotatable bonds is 2. The van der Waals surface area contributed by atoms with E-state index >= 15 is 0 Å². The van der Waals surface area contributed by atoms with Crippen LogP contribution in [0.15, 0.2) is 35.3 Å². The molecule has 3 aliphatic rings. The van der Waals surface area contributed by atoms with Crippen LogP contribution in [0.5, 0.6) is 0 Å². The second kappa shape index (κ2) is 9.24. The molecular formula is C30H32N4O2. The summed E-state index contributed by atoms with van der Waals surface area (Å²) in [6.45, 7) is 6.98. The van der Waals surface area contributed by atoms with Gasteiger partial charge in [-0.25, -0.2) is 0 Å². The van der Waals surface area contributed by atoms with Gasteiger partial charge in [-0.2, -0.15) is 0 Å². The van der Waals surface area contributed by atoms with Crippen molar-refractivity contribution < 1.29 is 9.53 Å². The average molecular weight is 481 g/mol. The van der Waals surface area contributed by atoms with Crippen molar-refractivity contribution in [1.82, 2.24) is 10.3 Å². The van der Waals surface area contributed by atoms with Gasteiger partial charge in [-0.05, 0) is 54.7 Å². The molecule has 0 unspecified atom stereocenters. The lowest BCUT2D eigenvalue weighted by Crippen LogP contribution is -2.44. The predicted octanol–water partition coefficient (Wildman–Crippen LogP) is 3.83. The molecule has 6 rings (SSSR count). The molecule has 2 fully saturated rings. The largest absolute Gasteiger partial charge is 0.381 e. The number of fused-ring (bicyclic) bond motifs is 6. The fraction of sp³-hybridized carbons (Fsp3) is 0.400. The van der Waals surface area contributed by atoms with E-state index in [1.165, 1.54) is 5.69 Å². The van der Waals surface area contributed by atoms with Gasteiger partial charge in [-0.3, -0.25) is 9.79 Å². The Labute approximate surface area is 212 Å². The monoisotopic (exact) mass is 480 g/mol. The molecule has 3 aromatic rings. The highest BCUT2D eigenvalue weighted by Gasteiger charge is 2.45. The zero-order valence-electron chi connectivity index (χ0n) is 21.0. The molecule has 1 spiro atoms. The third kappa shape index (κ3) is 3.66. The Kier molecular flexibility index (Phi) is 5.91. The molecule has 36 heavy (non-hydrogen) atoms. The third-order valence-electron chi connectivity index (χ3n) is 8.04. The fourth-order valence-corrected chi connectivity index (χ4v) is 6.34. The minimum atomic E-state index is -0.298. The Morgan fingerprint density at radius 1 is 1.14 bits per heavy atom. The molecule has 2 saturated heterocycles. The van der Waals surface area contributed by atoms with Gasteiger partial charge in [0, 0.05) is 92.2 Å². The molecule has 2 aromatic carbocycles. The number of piperazine rings is 1. The van der Waals surface area contributed by atoms with Crippen molar-refractivity contribution in [3.8, 4) is 11.8 Å². The molecule has 0 bridgehead atoms. The van der Waals surface area contributed by atoms with Crippen LogP contribution in [-0.4, -0.2) is 63.4 Å². The molecule has 2 N–H and O–H groups in total. The number of ketones is 1. The lowest BCUT2D eigenvalue weighted by Gasteiger charge is -2.39. The molecule has 0 amide bonds. The maximum absolute atomic E-state index is 13.9. The normalized spacial score (nSPS) is 19.2. The topological polar surface area (TPSA) is 69.7 Å². The van der Waals surface area contributed by atoms with E-state index in [1.54, 1.807) is 7.05 Å². The van der Waals surface area contributed by atoms with Crippen LogP contribution in [0.2, 0.25) is 0 Å². The molecule has 0 saturated carbocycles. The summed E-state index contributed by atoms with van der Waals surface area (Å²) >= 11 is 0. The van der Waals surface area contributed by atoms with Crippen LogP contribution in [0.4, 0.5) is 5.69 Å². The Hall–Kier alpha value is -3.40. The summed E-state index contributed by atoms with van der Waals surface area (Å²) in [6, 6.07) is 10.7. The number of carbonyl (C=O) groups excluding carboxylic acids is 1. The van der Waals surface area contributed by atoms with Crippen molar-refractivity contribution in [1.29, 1.82) is 0 Å². The van der Waals surface area contributed by atoms with E-state index in [-0.39, 0.29) is 11.2 Å². The highest BCUT2D eigenvalue weighted by molar-refractivity contribution is 6.05. The van der Waals surface area contributed by atoms with E-state index in [1.807, 2.05) is 13.1 Å². The number of aromatic nitrogens is 1. The zero-order valence-corrected chi connectivity index (χ0v) is 21.0. The molecule has 1 aromatic heterocycles. The van der Waals surface area contributed by atoms with Crippen LogP contribution >= 0.6 is 0 Å². The molecule has 2 aliphatic heterocycles. The first-order chi connectivity index (χ1) is 17.6. The second-order valence-electron chi connectivity index (χ2n) is 9.99. The van der Waals surface area contributed by atoms with Crippen molar-refractivity contribution in [2.45, 2.75) is 31.6 Å². The predicted molar refractivity (Wildman–Crippen MR) is 145 cm³/mol. The van der Waals surface area contributed by atoms with Crippen LogP contribution in [0.25, 0.3) is 10.9 Å². The standard InChI is InChI=1S/C30H32N4O2/c1-3-4-21-16-24-25(18-27(21)34-11-9-32-10-12-34)30(7-13-36-14-8-30)29-23(17-28(24)35)22-6-5-20(19-31-2)15-26(22)33-29/h5-6,15-16,18-19,32-33H,7-14,17H2,1-2H3/b31-19+. The lowest BCUT2D eigenvalue weighted by atomic mass is 9.69. The fourth-order valence-electron chi connectivity index (χ4n) is 6.34. The maximum atomic E-state index is 13.9. The number of Topliss-reactive ketones (excluding diaryl/α,β-unsaturated/α-hetero) is 1. The molecule has 6 heteroatoms. The quantitative estimate of drug-likeness (QED) is 0.432. The zero-order chi connectivity index (χ0) is 24.7. The lowest BCUT2D eigenvalue weighted by molar-refractivity contribution is 0.0618. The number of ether oxygens (including phenoxy) is 1. The number of anilines is 1. The van der Waals surface area contributed by atoms with E-state index in [9.17, 15) is 4.79 Å². The molecule has 3 heterocycles. The summed E-state index contributed by atoms with van der Waals surface area (Å²) in [6.07, 6.45) is 3.94. The van der Waals surface area contributed by atoms with Crippen molar-refractivity contribution in [2.75, 3.05) is 51.3 Å². The Morgan fingerprint density at radius 3 is 2.69 bits per heavy atom. The number of aliphatic imine (C=N–C) groups is 1. The van der Waals surface area contributed by atoms with Crippen LogP contribution in [-0.2, 0) is 16.6 Å². The Bertz CT molecular complexity index is 1430. The van der Waals surface area contributed by atoms with Crippen LogP contribution in [0, 0.1) is 11.8 Å². The van der Waals surface area contributed by atoms with E-state index in [4.69, 9.17) is 4.74 Å². The molecular weight excluding hydrogens is 448 g/mol. The highest BCUT2D eigenvalue weighted by atomic mass is 16.5. The molecule has 1 aliphatic carbocycles. The highest BCUT2D eigenvalue weighted by Crippen LogP contribution is 2.49. The van der Waals surface area contributed by atoms with Gasteiger partial charge in [-0.1, -0.05) is 18.1 Å². The Balaban J connectivity index is 1.62. The summed E-state index contributed by atoms with van der Waals surface area (Å²) in [5.41, 5.74) is 8.17. The van der Waals surface area contributed by atoms with Gasteiger partial charge >= 0.3 is 0 Å². The van der Waals surface area contributed by atoms with Crippen molar-refractivity contribution in [3.05, 3.63) is 63.8 Å². The van der Waals surface area contributed by atoms with Gasteiger partial charge in [0.25, 0.3) is 0 Å². The van der Waals surface area contributed by atoms with Gasteiger partial charge in [0.1, 0.15) is 0 Å². The number of hydrogen-bond donors (Lipinski definition) is 2. The van der Waals surface area contributed by atoms with Gasteiger partial charge in [0.15, 0.2) is 5.78 Å². The van der Waals surface area contributed by atoms with Crippen LogP contribution < -0.4 is 10.2 Å². The molecule has 0 atom stereocenters. The summed E-state index contributed by atoms with van der Waals surface area (Å²) in [5.74, 6) is 6.56. The van der Waals surface area contributed by atoms with E-state index < -0.39 is 0 Å². The second-order valence-corrected chi connectivity index (χ2v) is 9.99. The molecule has 184 valence electrons. The summed E-state index contributed by atoms with van der Waals surface area (Å²) < 4.78 is 5.87. The van der Waals surface area contributed by atoms with Crippen molar-refractivity contribution >= 4 is 28.6 Å². The van der Waals surface area contributed by atoms with E-state index in [0.717, 1.165) is 83.4 Å². The Morgan fingerprint density at radius 2 is 1.94 bits per heavy atom. The SMILES string of the molecule is CC#Cc1cc2c(cc1N1CCNCC1)C1(CCOCC1)c1[nH]c3cc(/C=N/C)ccc3c1CC2=O. The minimum absolute atomic E-state index is 0.167. The number of benzene rings is 2. The van der Waals surface area contributed by atoms with Crippen LogP contribution in [0.1, 0.15) is 58.1 Å². The molecule has 6 nitrogen and oxygen atoms in total. The first kappa shape index (κ1) is 23.0. The van der Waals surface area contributed by atoms with Crippen molar-refractivity contribution in [2.24, 2.45) is 4.99 Å². The minimum Gasteiger partial charge on any atom is -0.381 e. The smallest absolute Gasteiger partial charge is 0.167 e. The number of H-pyrrole nitrogens is 1. The van der Waals surface area contributed by atoms with Gasteiger partial charge in [0.2, 0.25) is 0 Å². The van der Waals surface area contributed by atoms with E-state index in [0.29, 0.717) is 19.6 Å². The number of carbonyl (C=O) groups is 1. The van der Waals surface area contributed by atoms with E-state index in [2.05, 4.69) is 62.4 Å². The number of aromatic amines is 1. The van der Waals surface area contributed by atoms with Gasteiger partial charge in [-0.15, -0.1) is 5.92 Å².